The van der Waals surface area contributed by atoms with Gasteiger partial charge in [0.05, 0.1) is 18.6 Å². The van der Waals surface area contributed by atoms with Gasteiger partial charge in [0, 0.05) is 13.6 Å². The van der Waals surface area contributed by atoms with Crippen LogP contribution in [0.5, 0.6) is 5.75 Å². The molecule has 0 spiro atoms. The van der Waals surface area contributed by atoms with E-state index < -0.39 is 0 Å². The molecule has 1 saturated carbocycles. The molecule has 1 fully saturated rings. The highest BCUT2D eigenvalue weighted by Crippen LogP contribution is 2.32. The largest absolute Gasteiger partial charge is 0.493 e. The number of aliphatic imine (C=N–C) groups is 1. The predicted molar refractivity (Wildman–Crippen MR) is 85.2 cm³/mol. The third-order valence-electron chi connectivity index (χ3n) is 3.64. The summed E-state index contributed by atoms with van der Waals surface area (Å²) in [6.07, 6.45) is 5.69. The van der Waals surface area contributed by atoms with Gasteiger partial charge in [0.2, 0.25) is 0 Å². The lowest BCUT2D eigenvalue weighted by Gasteiger charge is -2.13. The fourth-order valence-corrected chi connectivity index (χ4v) is 2.13. The summed E-state index contributed by atoms with van der Waals surface area (Å²) in [4.78, 5) is 6.70. The molecule has 1 aromatic rings. The molecule has 1 aliphatic rings. The third kappa shape index (κ3) is 4.26. The van der Waals surface area contributed by atoms with Crippen molar-refractivity contribution >= 4 is 12.0 Å². The molecule has 0 radical (unpaired) electrons. The molecule has 1 aromatic carbocycles. The van der Waals surface area contributed by atoms with Crippen LogP contribution in [-0.4, -0.2) is 31.4 Å². The summed E-state index contributed by atoms with van der Waals surface area (Å²) < 4.78 is 5.90. The molecule has 0 atom stereocenters. The Morgan fingerprint density at radius 3 is 2.70 bits per heavy atom. The molecule has 0 heterocycles. The van der Waals surface area contributed by atoms with Gasteiger partial charge in [-0.3, -0.25) is 0 Å². The normalized spacial score (nSPS) is 14.8. The van der Waals surface area contributed by atoms with Crippen LogP contribution in [0.2, 0.25) is 0 Å². The van der Waals surface area contributed by atoms with E-state index in [0.29, 0.717) is 0 Å². The van der Waals surface area contributed by atoms with Gasteiger partial charge >= 0.3 is 0 Å². The van der Waals surface area contributed by atoms with Crippen molar-refractivity contribution < 1.29 is 4.74 Å². The minimum Gasteiger partial charge on any atom is -0.493 e. The first-order valence-electron chi connectivity index (χ1n) is 7.58. The van der Waals surface area contributed by atoms with E-state index in [2.05, 4.69) is 49.8 Å². The monoisotopic (exact) mass is 274 g/mol. The minimum absolute atomic E-state index is 0.787. The van der Waals surface area contributed by atoms with Crippen molar-refractivity contribution in [3.63, 3.8) is 0 Å². The van der Waals surface area contributed by atoms with Gasteiger partial charge in [-0.15, -0.1) is 0 Å². The zero-order valence-corrected chi connectivity index (χ0v) is 13.1. The molecule has 20 heavy (non-hydrogen) atoms. The Labute approximate surface area is 122 Å². The molecule has 0 saturated heterocycles. The summed E-state index contributed by atoms with van der Waals surface area (Å²) in [5, 5.41) is 0. The van der Waals surface area contributed by atoms with Crippen molar-refractivity contribution in [3.8, 4) is 5.75 Å². The molecular formula is C17H26N2O. The van der Waals surface area contributed by atoms with Crippen LogP contribution >= 0.6 is 0 Å². The molecular weight excluding hydrogens is 248 g/mol. The lowest BCUT2D eigenvalue weighted by molar-refractivity contribution is 0.297. The molecule has 0 aromatic heterocycles. The van der Waals surface area contributed by atoms with Crippen LogP contribution in [0.15, 0.2) is 17.1 Å². The van der Waals surface area contributed by atoms with Gasteiger partial charge < -0.3 is 9.64 Å². The van der Waals surface area contributed by atoms with Crippen LogP contribution < -0.4 is 4.74 Å². The van der Waals surface area contributed by atoms with Crippen LogP contribution in [0.4, 0.5) is 5.69 Å². The number of hydrogen-bond donors (Lipinski definition) is 0. The van der Waals surface area contributed by atoms with Crippen molar-refractivity contribution in [3.05, 3.63) is 23.3 Å². The molecule has 0 bridgehead atoms. The van der Waals surface area contributed by atoms with Gasteiger partial charge in [-0.05, 0) is 62.3 Å². The van der Waals surface area contributed by atoms with Crippen molar-refractivity contribution in [1.82, 2.24) is 4.90 Å². The van der Waals surface area contributed by atoms with Gasteiger partial charge in [-0.25, -0.2) is 4.99 Å². The summed E-state index contributed by atoms with van der Waals surface area (Å²) in [7, 11) is 2.06. The highest BCUT2D eigenvalue weighted by atomic mass is 16.5. The maximum atomic E-state index is 5.90. The third-order valence-corrected chi connectivity index (χ3v) is 3.64. The van der Waals surface area contributed by atoms with E-state index in [9.17, 15) is 0 Å². The maximum absolute atomic E-state index is 5.90. The molecule has 0 amide bonds. The van der Waals surface area contributed by atoms with E-state index in [1.54, 1.807) is 0 Å². The molecule has 2 rings (SSSR count). The lowest BCUT2D eigenvalue weighted by Crippen LogP contribution is -2.16. The smallest absolute Gasteiger partial charge is 0.122 e. The highest BCUT2D eigenvalue weighted by Gasteiger charge is 2.22. The van der Waals surface area contributed by atoms with Crippen molar-refractivity contribution in [1.29, 1.82) is 0 Å². The summed E-state index contributed by atoms with van der Waals surface area (Å²) in [6, 6.07) is 4.23. The van der Waals surface area contributed by atoms with E-state index in [1.807, 2.05) is 6.34 Å². The minimum atomic E-state index is 0.787. The van der Waals surface area contributed by atoms with Crippen LogP contribution in [0.1, 0.15) is 37.3 Å². The summed E-state index contributed by atoms with van der Waals surface area (Å²) in [6.45, 7) is 8.25. The first kappa shape index (κ1) is 14.9. The molecule has 0 N–H and O–H groups in total. The Hall–Kier alpha value is -1.51. The van der Waals surface area contributed by atoms with Crippen molar-refractivity contribution in [2.24, 2.45) is 10.9 Å². The SMILES string of the molecule is CCCN(C)/C=N\c1cc(C)c(OCC2CC2)cc1C. The Morgan fingerprint density at radius 2 is 2.05 bits per heavy atom. The number of hydrogen-bond acceptors (Lipinski definition) is 2. The Kier molecular flexibility index (Phi) is 5.05. The molecule has 110 valence electrons. The van der Waals surface area contributed by atoms with Crippen LogP contribution in [0.25, 0.3) is 0 Å². The quantitative estimate of drug-likeness (QED) is 0.552. The second-order valence-electron chi connectivity index (χ2n) is 5.88. The summed E-state index contributed by atoms with van der Waals surface area (Å²) in [5.41, 5.74) is 3.37. The average Bonchev–Trinajstić information content (AvgIpc) is 3.22. The molecule has 1 aliphatic carbocycles. The Balaban J connectivity index is 2.04. The van der Waals surface area contributed by atoms with E-state index in [4.69, 9.17) is 4.74 Å². The number of aryl methyl sites for hydroxylation is 2. The Bertz CT molecular complexity index is 478. The van der Waals surface area contributed by atoms with E-state index in [0.717, 1.165) is 36.9 Å². The first-order chi connectivity index (χ1) is 9.60. The zero-order chi connectivity index (χ0) is 14.5. The van der Waals surface area contributed by atoms with Gasteiger partial charge in [0.1, 0.15) is 5.75 Å². The fraction of sp³-hybridized carbons (Fsp3) is 0.588. The number of ether oxygens (including phenoxy) is 1. The fourth-order valence-electron chi connectivity index (χ4n) is 2.13. The first-order valence-corrected chi connectivity index (χ1v) is 7.58. The molecule has 0 unspecified atom stereocenters. The maximum Gasteiger partial charge on any atom is 0.122 e. The highest BCUT2D eigenvalue weighted by molar-refractivity contribution is 5.64. The second kappa shape index (κ2) is 6.78. The number of benzene rings is 1. The van der Waals surface area contributed by atoms with Gasteiger partial charge in [-0.2, -0.15) is 0 Å². The number of nitrogens with zero attached hydrogens (tertiary/aromatic N) is 2. The van der Waals surface area contributed by atoms with Crippen LogP contribution in [0.3, 0.4) is 0 Å². The number of rotatable bonds is 7. The Morgan fingerprint density at radius 1 is 1.30 bits per heavy atom. The van der Waals surface area contributed by atoms with Crippen molar-refractivity contribution in [2.45, 2.75) is 40.0 Å². The van der Waals surface area contributed by atoms with E-state index >= 15 is 0 Å². The van der Waals surface area contributed by atoms with Crippen molar-refractivity contribution in [2.75, 3.05) is 20.2 Å². The molecule has 3 heteroatoms. The molecule has 3 nitrogen and oxygen atoms in total. The van der Waals surface area contributed by atoms with Gasteiger partial charge in [0.15, 0.2) is 0 Å². The predicted octanol–water partition coefficient (Wildman–Crippen LogP) is 4.09. The van der Waals surface area contributed by atoms with E-state index in [-0.39, 0.29) is 0 Å². The topological polar surface area (TPSA) is 24.8 Å². The zero-order valence-electron chi connectivity index (χ0n) is 13.1. The summed E-state index contributed by atoms with van der Waals surface area (Å²) in [5.74, 6) is 1.80. The molecule has 0 aliphatic heterocycles. The standard InChI is InChI=1S/C17H26N2O/c1-5-8-19(4)12-18-16-9-14(3)17(10-13(16)2)20-11-15-6-7-15/h9-10,12,15H,5-8,11H2,1-4H3/b18-12-. The lowest BCUT2D eigenvalue weighted by atomic mass is 10.1. The average molecular weight is 274 g/mol. The van der Waals surface area contributed by atoms with Crippen LogP contribution in [0, 0.1) is 19.8 Å². The van der Waals surface area contributed by atoms with Crippen LogP contribution in [-0.2, 0) is 0 Å². The van der Waals surface area contributed by atoms with E-state index in [1.165, 1.54) is 24.0 Å². The van der Waals surface area contributed by atoms with Gasteiger partial charge in [0.25, 0.3) is 0 Å². The van der Waals surface area contributed by atoms with Gasteiger partial charge in [-0.1, -0.05) is 6.92 Å². The second-order valence-corrected chi connectivity index (χ2v) is 5.88. The summed E-state index contributed by atoms with van der Waals surface area (Å²) >= 11 is 0.